The van der Waals surface area contributed by atoms with E-state index in [1.54, 1.807) is 12.1 Å². The number of halogens is 1. The average molecular weight is 324 g/mol. The van der Waals surface area contributed by atoms with E-state index in [1.807, 2.05) is 6.07 Å². The van der Waals surface area contributed by atoms with Crippen LogP contribution in [0, 0.1) is 5.82 Å². The molecule has 2 atom stereocenters. The fourth-order valence-electron chi connectivity index (χ4n) is 3.28. The molecule has 1 aliphatic rings. The summed E-state index contributed by atoms with van der Waals surface area (Å²) >= 11 is 0. The minimum atomic E-state index is -0.205. The lowest BCUT2D eigenvalue weighted by molar-refractivity contribution is 0.527. The molecule has 0 heterocycles. The summed E-state index contributed by atoms with van der Waals surface area (Å²) in [5, 5.41) is 3.58. The van der Waals surface area contributed by atoms with Crippen molar-refractivity contribution in [2.24, 2.45) is 5.73 Å². The topological polar surface area (TPSA) is 38.0 Å². The molecule has 126 valence electrons. The van der Waals surface area contributed by atoms with Crippen molar-refractivity contribution in [1.29, 1.82) is 0 Å². The lowest BCUT2D eigenvalue weighted by atomic mass is 9.93. The number of hydrogen-bond acceptors (Lipinski definition) is 2. The van der Waals surface area contributed by atoms with Crippen LogP contribution in [-0.2, 0) is 0 Å². The number of nitrogens with one attached hydrogen (secondary N) is 1. The third-order valence-corrected chi connectivity index (χ3v) is 4.74. The Balaban J connectivity index is 1.61. The van der Waals surface area contributed by atoms with Gasteiger partial charge < -0.3 is 11.1 Å². The van der Waals surface area contributed by atoms with Crippen LogP contribution in [-0.4, -0.2) is 19.1 Å². The fraction of sp³-hybridized carbons (Fsp3) is 0.333. The summed E-state index contributed by atoms with van der Waals surface area (Å²) in [5.41, 5.74) is 9.16. The van der Waals surface area contributed by atoms with E-state index in [4.69, 9.17) is 5.73 Å². The van der Waals surface area contributed by atoms with Gasteiger partial charge in [-0.15, -0.1) is 0 Å². The zero-order valence-electron chi connectivity index (χ0n) is 13.9. The van der Waals surface area contributed by atoms with Crippen molar-refractivity contribution in [3.05, 3.63) is 72.1 Å². The van der Waals surface area contributed by atoms with Crippen molar-refractivity contribution in [3.63, 3.8) is 0 Å². The molecular weight excluding hydrogens is 299 g/mol. The number of nitrogens with two attached hydrogens (primary N) is 1. The van der Waals surface area contributed by atoms with E-state index in [-0.39, 0.29) is 5.82 Å². The fourth-order valence-corrected chi connectivity index (χ4v) is 3.28. The molecule has 1 aliphatic carbocycles. The van der Waals surface area contributed by atoms with Gasteiger partial charge in [0.15, 0.2) is 0 Å². The molecule has 2 aromatic rings. The molecule has 2 nitrogen and oxygen atoms in total. The highest BCUT2D eigenvalue weighted by atomic mass is 19.1. The Bertz CT molecular complexity index is 678. The van der Waals surface area contributed by atoms with Gasteiger partial charge in [-0.3, -0.25) is 0 Å². The molecule has 0 bridgehead atoms. The van der Waals surface area contributed by atoms with Gasteiger partial charge in [0.1, 0.15) is 5.82 Å². The zero-order valence-corrected chi connectivity index (χ0v) is 13.9. The molecule has 0 saturated heterocycles. The van der Waals surface area contributed by atoms with Crippen molar-refractivity contribution in [3.8, 4) is 11.1 Å². The van der Waals surface area contributed by atoms with E-state index in [0.29, 0.717) is 18.5 Å². The van der Waals surface area contributed by atoms with Crippen LogP contribution in [0.4, 0.5) is 4.39 Å². The smallest absolute Gasteiger partial charge is 0.123 e. The maximum absolute atomic E-state index is 13.4. The average Bonchev–Trinajstić information content (AvgIpc) is 3.12. The van der Waals surface area contributed by atoms with Crippen LogP contribution >= 0.6 is 0 Å². The second kappa shape index (κ2) is 8.22. The van der Waals surface area contributed by atoms with Crippen LogP contribution in [0.5, 0.6) is 0 Å². The van der Waals surface area contributed by atoms with Crippen molar-refractivity contribution in [1.82, 2.24) is 5.32 Å². The predicted molar refractivity (Wildman–Crippen MR) is 98.4 cm³/mol. The Kier molecular flexibility index (Phi) is 5.78. The molecule has 24 heavy (non-hydrogen) atoms. The van der Waals surface area contributed by atoms with Crippen molar-refractivity contribution < 1.29 is 4.39 Å². The first kappa shape index (κ1) is 16.9. The van der Waals surface area contributed by atoms with Crippen molar-refractivity contribution in [2.75, 3.05) is 13.1 Å². The van der Waals surface area contributed by atoms with Gasteiger partial charge in [0.2, 0.25) is 0 Å². The van der Waals surface area contributed by atoms with Gasteiger partial charge in [0.05, 0.1) is 0 Å². The zero-order chi connectivity index (χ0) is 16.8. The molecule has 0 spiro atoms. The van der Waals surface area contributed by atoms with Crippen LogP contribution in [0.25, 0.3) is 11.1 Å². The highest BCUT2D eigenvalue weighted by molar-refractivity contribution is 5.63. The summed E-state index contributed by atoms with van der Waals surface area (Å²) < 4.78 is 13.4. The number of benzene rings is 2. The first-order valence-corrected chi connectivity index (χ1v) is 8.72. The highest BCUT2D eigenvalue weighted by Crippen LogP contribution is 2.24. The van der Waals surface area contributed by atoms with Gasteiger partial charge in [-0.1, -0.05) is 48.6 Å². The second-order valence-electron chi connectivity index (χ2n) is 6.42. The van der Waals surface area contributed by atoms with E-state index in [9.17, 15) is 4.39 Å². The molecule has 0 aliphatic heterocycles. The molecule has 3 rings (SSSR count). The lowest BCUT2D eigenvalue weighted by Crippen LogP contribution is -2.28. The van der Waals surface area contributed by atoms with Crippen molar-refractivity contribution >= 4 is 0 Å². The van der Waals surface area contributed by atoms with Crippen LogP contribution in [0.15, 0.2) is 60.7 Å². The second-order valence-corrected chi connectivity index (χ2v) is 6.42. The molecule has 3 heteroatoms. The Morgan fingerprint density at radius 1 is 1.12 bits per heavy atom. The molecule has 0 fully saturated rings. The maximum Gasteiger partial charge on any atom is 0.123 e. The van der Waals surface area contributed by atoms with Gasteiger partial charge in [-0.05, 0) is 67.1 Å². The Hall–Kier alpha value is -1.97. The lowest BCUT2D eigenvalue weighted by Gasteiger charge is -2.18. The van der Waals surface area contributed by atoms with Gasteiger partial charge in [-0.25, -0.2) is 4.39 Å². The summed E-state index contributed by atoms with van der Waals surface area (Å²) in [7, 11) is 0. The van der Waals surface area contributed by atoms with Crippen molar-refractivity contribution in [2.45, 2.75) is 31.2 Å². The van der Waals surface area contributed by atoms with E-state index in [0.717, 1.165) is 24.1 Å². The SMILES string of the molecule is NCC(CCNC1C=CCC1)c1ccc(-c2cccc(F)c2)cc1. The largest absolute Gasteiger partial charge is 0.330 e. The Labute approximate surface area is 143 Å². The Morgan fingerprint density at radius 3 is 2.62 bits per heavy atom. The third-order valence-electron chi connectivity index (χ3n) is 4.74. The van der Waals surface area contributed by atoms with E-state index >= 15 is 0 Å². The molecular formula is C21H25FN2. The van der Waals surface area contributed by atoms with Crippen LogP contribution < -0.4 is 11.1 Å². The first-order chi connectivity index (χ1) is 11.8. The molecule has 0 radical (unpaired) electrons. The summed E-state index contributed by atoms with van der Waals surface area (Å²) in [6.07, 6.45) is 7.91. The van der Waals surface area contributed by atoms with Crippen LogP contribution in [0.3, 0.4) is 0 Å². The van der Waals surface area contributed by atoms with Gasteiger partial charge in [0.25, 0.3) is 0 Å². The highest BCUT2D eigenvalue weighted by Gasteiger charge is 2.12. The number of rotatable bonds is 7. The van der Waals surface area contributed by atoms with Crippen LogP contribution in [0.1, 0.15) is 30.7 Å². The summed E-state index contributed by atoms with van der Waals surface area (Å²) in [6, 6.07) is 15.6. The monoisotopic (exact) mass is 324 g/mol. The molecule has 3 N–H and O–H groups in total. The van der Waals surface area contributed by atoms with E-state index in [2.05, 4.69) is 41.7 Å². The first-order valence-electron chi connectivity index (χ1n) is 8.72. The minimum absolute atomic E-state index is 0.205. The summed E-state index contributed by atoms with van der Waals surface area (Å²) in [6.45, 7) is 1.62. The minimum Gasteiger partial charge on any atom is -0.330 e. The van der Waals surface area contributed by atoms with Gasteiger partial charge >= 0.3 is 0 Å². The third kappa shape index (κ3) is 4.31. The summed E-state index contributed by atoms with van der Waals surface area (Å²) in [5.74, 6) is 0.146. The van der Waals surface area contributed by atoms with E-state index < -0.39 is 0 Å². The molecule has 0 saturated carbocycles. The number of allylic oxidation sites excluding steroid dienone is 1. The van der Waals surface area contributed by atoms with E-state index in [1.165, 1.54) is 24.5 Å². The Morgan fingerprint density at radius 2 is 1.96 bits per heavy atom. The molecule has 0 amide bonds. The van der Waals surface area contributed by atoms with Gasteiger partial charge in [0, 0.05) is 6.04 Å². The quantitative estimate of drug-likeness (QED) is 0.748. The molecule has 2 unspecified atom stereocenters. The predicted octanol–water partition coefficient (Wildman–Crippen LogP) is 4.23. The summed E-state index contributed by atoms with van der Waals surface area (Å²) in [4.78, 5) is 0. The molecule has 2 aromatic carbocycles. The number of hydrogen-bond donors (Lipinski definition) is 2. The normalized spacial score (nSPS) is 18.0. The molecule has 0 aromatic heterocycles. The van der Waals surface area contributed by atoms with Gasteiger partial charge in [-0.2, -0.15) is 0 Å². The maximum atomic E-state index is 13.4. The van der Waals surface area contributed by atoms with Crippen LogP contribution in [0.2, 0.25) is 0 Å². The standard InChI is InChI=1S/C21H25FN2/c22-20-5-3-4-18(14-20)16-8-10-17(11-9-16)19(15-23)12-13-24-21-6-1-2-7-21/h1,3-6,8-11,14,19,21,24H,2,7,12-13,15,23H2.